The minimum absolute atomic E-state index is 0.0352. The summed E-state index contributed by atoms with van der Waals surface area (Å²) in [6.07, 6.45) is -0.0889. The zero-order chi connectivity index (χ0) is 22.6. The van der Waals surface area contributed by atoms with Crippen molar-refractivity contribution in [3.8, 4) is 23.0 Å². The molecule has 172 valence electrons. The van der Waals surface area contributed by atoms with Crippen molar-refractivity contribution in [2.24, 2.45) is 0 Å². The molecule has 2 aliphatic rings. The third-order valence-electron chi connectivity index (χ3n) is 5.43. The van der Waals surface area contributed by atoms with Crippen LogP contribution in [0.1, 0.15) is 12.8 Å². The van der Waals surface area contributed by atoms with E-state index in [1.807, 2.05) is 0 Å². The highest BCUT2D eigenvalue weighted by atomic mass is 32.2. The molecule has 2 aromatic carbocycles. The molecule has 0 saturated carbocycles. The minimum atomic E-state index is -4.07. The maximum atomic E-state index is 13.2. The van der Waals surface area contributed by atoms with Gasteiger partial charge in [-0.25, -0.2) is 13.9 Å². The van der Waals surface area contributed by atoms with E-state index in [0.29, 0.717) is 23.0 Å². The molecule has 10 nitrogen and oxygen atoms in total. The number of carbonyl (C=O) groups excluding carboxylic acids is 1. The van der Waals surface area contributed by atoms with Crippen LogP contribution in [0.3, 0.4) is 0 Å². The lowest BCUT2D eigenvalue weighted by Crippen LogP contribution is -2.54. The molecule has 1 fully saturated rings. The molecular weight excluding hydrogens is 442 g/mol. The number of fused-ring (bicyclic) bond motifs is 1. The van der Waals surface area contributed by atoms with Crippen molar-refractivity contribution < 1.29 is 42.1 Å². The van der Waals surface area contributed by atoms with E-state index in [2.05, 4.69) is 0 Å². The van der Waals surface area contributed by atoms with E-state index in [0.717, 1.165) is 0 Å². The number of nitrogens with one attached hydrogen (secondary N) is 1. The Morgan fingerprint density at radius 3 is 2.28 bits per heavy atom. The standard InChI is InChI=1S/C21H23NO9S/c23-20(22-24)21(7-9-27-10-8-21)32(25,26)17-4-1-15(2-5-17)28-11-12-29-16-3-6-18-19(13-16)31-14-30-18/h1-6,13,24H,7-12,14H2,(H,22,23). The molecule has 4 rings (SSSR count). The van der Waals surface area contributed by atoms with Crippen LogP contribution < -0.4 is 24.4 Å². The van der Waals surface area contributed by atoms with Gasteiger partial charge in [0.1, 0.15) is 24.7 Å². The molecule has 0 unspecified atom stereocenters. The zero-order valence-corrected chi connectivity index (χ0v) is 17.9. The van der Waals surface area contributed by atoms with Gasteiger partial charge in [-0.05, 0) is 49.2 Å². The number of hydrogen-bond donors (Lipinski definition) is 2. The highest BCUT2D eigenvalue weighted by molar-refractivity contribution is 7.93. The predicted octanol–water partition coefficient (Wildman–Crippen LogP) is 1.70. The Kier molecular flexibility index (Phi) is 6.40. The Balaban J connectivity index is 1.36. The summed E-state index contributed by atoms with van der Waals surface area (Å²) in [5.74, 6) is 1.40. The fourth-order valence-electron chi connectivity index (χ4n) is 3.65. The second-order valence-corrected chi connectivity index (χ2v) is 9.49. The van der Waals surface area contributed by atoms with Crippen LogP contribution in [0.2, 0.25) is 0 Å². The van der Waals surface area contributed by atoms with Crippen LogP contribution in [0, 0.1) is 0 Å². The fourth-order valence-corrected chi connectivity index (χ4v) is 5.59. The van der Waals surface area contributed by atoms with Crippen LogP contribution in [0.4, 0.5) is 0 Å². The van der Waals surface area contributed by atoms with Crippen LogP contribution in [-0.4, -0.2) is 57.5 Å². The molecule has 0 radical (unpaired) electrons. The molecule has 0 spiro atoms. The van der Waals surface area contributed by atoms with E-state index >= 15 is 0 Å². The molecule has 1 amide bonds. The number of carbonyl (C=O) groups is 1. The largest absolute Gasteiger partial charge is 0.490 e. The summed E-state index contributed by atoms with van der Waals surface area (Å²) in [7, 11) is -4.07. The Morgan fingerprint density at radius 2 is 1.59 bits per heavy atom. The lowest BCUT2D eigenvalue weighted by Gasteiger charge is -2.34. The van der Waals surface area contributed by atoms with Gasteiger partial charge in [0.2, 0.25) is 6.79 Å². The average molecular weight is 465 g/mol. The maximum Gasteiger partial charge on any atom is 0.265 e. The molecule has 11 heteroatoms. The molecule has 2 N–H and O–H groups in total. The highest BCUT2D eigenvalue weighted by Crippen LogP contribution is 2.36. The smallest absolute Gasteiger partial charge is 0.265 e. The summed E-state index contributed by atoms with van der Waals surface area (Å²) in [6, 6.07) is 11.0. The van der Waals surface area contributed by atoms with Gasteiger partial charge in [-0.15, -0.1) is 0 Å². The fraction of sp³-hybridized carbons (Fsp3) is 0.381. The lowest BCUT2D eigenvalue weighted by molar-refractivity contribution is -0.134. The average Bonchev–Trinajstić information content (AvgIpc) is 3.30. The van der Waals surface area contributed by atoms with Crippen molar-refractivity contribution >= 4 is 15.7 Å². The number of ether oxygens (including phenoxy) is 5. The van der Waals surface area contributed by atoms with Gasteiger partial charge in [-0.2, -0.15) is 0 Å². The van der Waals surface area contributed by atoms with E-state index < -0.39 is 20.5 Å². The molecule has 32 heavy (non-hydrogen) atoms. The summed E-state index contributed by atoms with van der Waals surface area (Å²) in [5.41, 5.74) is 1.50. The van der Waals surface area contributed by atoms with E-state index in [1.165, 1.54) is 29.7 Å². The summed E-state index contributed by atoms with van der Waals surface area (Å²) in [5, 5.41) is 9.11. The molecule has 0 aliphatic carbocycles. The third-order valence-corrected chi connectivity index (χ3v) is 7.94. The van der Waals surface area contributed by atoms with Crippen LogP contribution in [0.25, 0.3) is 0 Å². The Morgan fingerprint density at radius 1 is 0.969 bits per heavy atom. The summed E-state index contributed by atoms with van der Waals surface area (Å²) >= 11 is 0. The number of hydrogen-bond acceptors (Lipinski definition) is 9. The van der Waals surface area contributed by atoms with E-state index in [1.54, 1.807) is 18.2 Å². The van der Waals surface area contributed by atoms with Crippen molar-refractivity contribution in [2.75, 3.05) is 33.2 Å². The van der Waals surface area contributed by atoms with Gasteiger partial charge >= 0.3 is 0 Å². The SMILES string of the molecule is O=C(NO)C1(S(=O)(=O)c2ccc(OCCOc3ccc4c(c3)OCO4)cc2)CCOCC1. The first kappa shape index (κ1) is 22.2. The molecule has 0 atom stereocenters. The summed E-state index contributed by atoms with van der Waals surface area (Å²) in [4.78, 5) is 12.2. The van der Waals surface area contributed by atoms with Crippen LogP contribution in [0.5, 0.6) is 23.0 Å². The number of sulfone groups is 1. The number of benzene rings is 2. The normalized spacial score (nSPS) is 16.9. The monoisotopic (exact) mass is 465 g/mol. The number of hydroxylamine groups is 1. The van der Waals surface area contributed by atoms with Crippen LogP contribution in [-0.2, 0) is 19.4 Å². The van der Waals surface area contributed by atoms with Crippen LogP contribution >= 0.6 is 0 Å². The van der Waals surface area contributed by atoms with Crippen LogP contribution in [0.15, 0.2) is 47.4 Å². The first-order chi connectivity index (χ1) is 15.5. The van der Waals surface area contributed by atoms with Gasteiger partial charge in [0, 0.05) is 19.3 Å². The van der Waals surface area contributed by atoms with Crippen molar-refractivity contribution in [3.05, 3.63) is 42.5 Å². The molecule has 0 aromatic heterocycles. The van der Waals surface area contributed by atoms with Gasteiger partial charge in [0.05, 0.1) is 4.90 Å². The topological polar surface area (TPSA) is 130 Å². The summed E-state index contributed by atoms with van der Waals surface area (Å²) < 4.78 is 51.6. The number of amides is 1. The Hall–Kier alpha value is -3.02. The molecule has 0 bridgehead atoms. The third kappa shape index (κ3) is 4.18. The number of rotatable bonds is 8. The molecule has 2 heterocycles. The lowest BCUT2D eigenvalue weighted by atomic mass is 9.98. The Labute approximate surface area is 184 Å². The molecule has 2 aliphatic heterocycles. The predicted molar refractivity (Wildman–Crippen MR) is 110 cm³/mol. The molecule has 2 aromatic rings. The van der Waals surface area contributed by atoms with Crippen molar-refractivity contribution in [2.45, 2.75) is 22.5 Å². The Bertz CT molecular complexity index is 1060. The first-order valence-corrected chi connectivity index (χ1v) is 11.5. The first-order valence-electron chi connectivity index (χ1n) is 9.98. The van der Waals surface area contributed by atoms with E-state index in [-0.39, 0.29) is 51.0 Å². The van der Waals surface area contributed by atoms with Crippen molar-refractivity contribution in [1.29, 1.82) is 0 Å². The maximum absolute atomic E-state index is 13.2. The van der Waals surface area contributed by atoms with Crippen molar-refractivity contribution in [3.63, 3.8) is 0 Å². The van der Waals surface area contributed by atoms with Crippen molar-refractivity contribution in [1.82, 2.24) is 5.48 Å². The highest BCUT2D eigenvalue weighted by Gasteiger charge is 2.52. The second kappa shape index (κ2) is 9.23. The van der Waals surface area contributed by atoms with Gasteiger partial charge < -0.3 is 23.7 Å². The molecular formula is C21H23NO9S. The van der Waals surface area contributed by atoms with Gasteiger partial charge in [-0.1, -0.05) is 0 Å². The van der Waals surface area contributed by atoms with E-state index in [9.17, 15) is 13.2 Å². The van der Waals surface area contributed by atoms with Gasteiger partial charge in [0.15, 0.2) is 26.1 Å². The second-order valence-electron chi connectivity index (χ2n) is 7.23. The minimum Gasteiger partial charge on any atom is -0.490 e. The quantitative estimate of drug-likeness (QED) is 0.340. The van der Waals surface area contributed by atoms with Gasteiger partial charge in [0.25, 0.3) is 5.91 Å². The van der Waals surface area contributed by atoms with Gasteiger partial charge in [-0.3, -0.25) is 10.0 Å². The van der Waals surface area contributed by atoms with E-state index in [4.69, 9.17) is 28.9 Å². The zero-order valence-electron chi connectivity index (χ0n) is 17.1. The summed E-state index contributed by atoms with van der Waals surface area (Å²) in [6.45, 7) is 0.899. The molecule has 1 saturated heterocycles.